The second kappa shape index (κ2) is 8.20. The first-order valence-corrected chi connectivity index (χ1v) is 7.43. The van der Waals surface area contributed by atoms with Crippen molar-refractivity contribution in [3.8, 4) is 0 Å². The number of nitrogens with one attached hydrogen (secondary N) is 2. The molecule has 0 spiro atoms. The van der Waals surface area contributed by atoms with Gasteiger partial charge in [0.1, 0.15) is 0 Å². The van der Waals surface area contributed by atoms with Gasteiger partial charge in [0.25, 0.3) is 0 Å². The molecule has 114 valence electrons. The van der Waals surface area contributed by atoms with Gasteiger partial charge < -0.3 is 20.1 Å². The Labute approximate surface area is 118 Å². The van der Waals surface area contributed by atoms with E-state index in [9.17, 15) is 0 Å². The molecule has 0 radical (unpaired) electrons. The summed E-state index contributed by atoms with van der Waals surface area (Å²) in [5.74, 6) is 0. The van der Waals surface area contributed by atoms with E-state index in [-0.39, 0.29) is 5.41 Å². The van der Waals surface area contributed by atoms with Crippen LogP contribution in [0.3, 0.4) is 0 Å². The summed E-state index contributed by atoms with van der Waals surface area (Å²) in [5.41, 5.74) is 0.606. The molecule has 0 aromatic carbocycles. The van der Waals surface area contributed by atoms with E-state index in [1.54, 1.807) is 7.11 Å². The summed E-state index contributed by atoms with van der Waals surface area (Å²) in [6.07, 6.45) is 3.49. The van der Waals surface area contributed by atoms with Gasteiger partial charge in [-0.1, -0.05) is 13.8 Å². The largest absolute Gasteiger partial charge is 0.385 e. The molecular formula is C15H32N2O2. The first-order chi connectivity index (χ1) is 9.04. The van der Waals surface area contributed by atoms with Crippen LogP contribution in [0, 0.1) is 10.8 Å². The molecular weight excluding hydrogens is 240 g/mol. The third-order valence-electron chi connectivity index (χ3n) is 4.20. The molecule has 0 saturated carbocycles. The minimum atomic E-state index is 0.289. The van der Waals surface area contributed by atoms with Crippen LogP contribution in [0.2, 0.25) is 0 Å². The number of hydrogen-bond donors (Lipinski definition) is 2. The minimum Gasteiger partial charge on any atom is -0.385 e. The van der Waals surface area contributed by atoms with Gasteiger partial charge in [0, 0.05) is 39.3 Å². The highest BCUT2D eigenvalue weighted by molar-refractivity contribution is 4.87. The van der Waals surface area contributed by atoms with Crippen LogP contribution in [0.25, 0.3) is 0 Å². The number of hydrogen-bond acceptors (Lipinski definition) is 4. The summed E-state index contributed by atoms with van der Waals surface area (Å²) in [6.45, 7) is 10.6. The van der Waals surface area contributed by atoms with E-state index < -0.39 is 0 Å². The lowest BCUT2D eigenvalue weighted by Gasteiger charge is -2.38. The Kier molecular flexibility index (Phi) is 7.29. The maximum Gasteiger partial charge on any atom is 0.0531 e. The Balaban J connectivity index is 2.35. The van der Waals surface area contributed by atoms with Crippen LogP contribution in [0.1, 0.15) is 33.1 Å². The van der Waals surface area contributed by atoms with Crippen molar-refractivity contribution in [3.63, 3.8) is 0 Å². The van der Waals surface area contributed by atoms with Crippen molar-refractivity contribution < 1.29 is 9.47 Å². The fourth-order valence-electron chi connectivity index (χ4n) is 2.77. The van der Waals surface area contributed by atoms with Gasteiger partial charge in [0.15, 0.2) is 0 Å². The van der Waals surface area contributed by atoms with Crippen LogP contribution in [0.15, 0.2) is 0 Å². The maximum absolute atomic E-state index is 5.44. The van der Waals surface area contributed by atoms with Gasteiger partial charge in [-0.15, -0.1) is 0 Å². The average molecular weight is 272 g/mol. The highest BCUT2D eigenvalue weighted by Gasteiger charge is 2.32. The first kappa shape index (κ1) is 16.9. The SMILES string of the molecule is COCCC(C)(C)CNCC1(COC)CCNCC1. The van der Waals surface area contributed by atoms with Crippen molar-refractivity contribution in [1.82, 2.24) is 10.6 Å². The summed E-state index contributed by atoms with van der Waals surface area (Å²) in [6, 6.07) is 0. The topological polar surface area (TPSA) is 42.5 Å². The highest BCUT2D eigenvalue weighted by atomic mass is 16.5. The van der Waals surface area contributed by atoms with Crippen molar-refractivity contribution in [2.45, 2.75) is 33.1 Å². The molecule has 0 bridgehead atoms. The van der Waals surface area contributed by atoms with E-state index in [0.29, 0.717) is 5.41 Å². The van der Waals surface area contributed by atoms with Crippen LogP contribution in [-0.2, 0) is 9.47 Å². The summed E-state index contributed by atoms with van der Waals surface area (Å²) < 4.78 is 10.6. The number of ether oxygens (including phenoxy) is 2. The fraction of sp³-hybridized carbons (Fsp3) is 1.00. The molecule has 0 aromatic rings. The van der Waals surface area contributed by atoms with Crippen LogP contribution in [0.4, 0.5) is 0 Å². The number of methoxy groups -OCH3 is 2. The van der Waals surface area contributed by atoms with Gasteiger partial charge in [-0.3, -0.25) is 0 Å². The zero-order chi connectivity index (χ0) is 14.2. The van der Waals surface area contributed by atoms with Crippen LogP contribution >= 0.6 is 0 Å². The maximum atomic E-state index is 5.44. The molecule has 0 amide bonds. The third kappa shape index (κ3) is 6.21. The van der Waals surface area contributed by atoms with Crippen LogP contribution < -0.4 is 10.6 Å². The normalized spacial score (nSPS) is 19.6. The summed E-state index contributed by atoms with van der Waals surface area (Å²) in [4.78, 5) is 0. The highest BCUT2D eigenvalue weighted by Crippen LogP contribution is 2.29. The molecule has 1 rings (SSSR count). The molecule has 1 aliphatic heterocycles. The Bertz CT molecular complexity index is 233. The zero-order valence-corrected chi connectivity index (χ0v) is 13.2. The van der Waals surface area contributed by atoms with Crippen molar-refractivity contribution in [3.05, 3.63) is 0 Å². The quantitative estimate of drug-likeness (QED) is 0.670. The van der Waals surface area contributed by atoms with E-state index in [2.05, 4.69) is 24.5 Å². The lowest BCUT2D eigenvalue weighted by molar-refractivity contribution is 0.0508. The smallest absolute Gasteiger partial charge is 0.0531 e. The van der Waals surface area contributed by atoms with Crippen LogP contribution in [-0.4, -0.2) is 53.6 Å². The summed E-state index contributed by atoms with van der Waals surface area (Å²) >= 11 is 0. The summed E-state index contributed by atoms with van der Waals surface area (Å²) in [7, 11) is 3.58. The minimum absolute atomic E-state index is 0.289. The molecule has 1 fully saturated rings. The van der Waals surface area contributed by atoms with Crippen molar-refractivity contribution in [2.24, 2.45) is 10.8 Å². The van der Waals surface area contributed by atoms with Gasteiger partial charge in [0.2, 0.25) is 0 Å². The van der Waals surface area contributed by atoms with E-state index in [0.717, 1.165) is 45.8 Å². The lowest BCUT2D eigenvalue weighted by atomic mass is 9.79. The van der Waals surface area contributed by atoms with E-state index in [1.165, 1.54) is 12.8 Å². The van der Waals surface area contributed by atoms with Crippen molar-refractivity contribution >= 4 is 0 Å². The fourth-order valence-corrected chi connectivity index (χ4v) is 2.77. The molecule has 1 aliphatic rings. The van der Waals surface area contributed by atoms with E-state index in [1.807, 2.05) is 7.11 Å². The summed E-state index contributed by atoms with van der Waals surface area (Å²) in [5, 5.41) is 7.10. The van der Waals surface area contributed by atoms with E-state index in [4.69, 9.17) is 9.47 Å². The Morgan fingerprint density at radius 1 is 1.16 bits per heavy atom. The zero-order valence-electron chi connectivity index (χ0n) is 13.2. The van der Waals surface area contributed by atoms with Crippen molar-refractivity contribution in [2.75, 3.05) is 53.6 Å². The predicted octanol–water partition coefficient (Wildman–Crippen LogP) is 1.65. The lowest BCUT2D eigenvalue weighted by Crippen LogP contribution is -2.47. The predicted molar refractivity (Wildman–Crippen MR) is 79.6 cm³/mol. The van der Waals surface area contributed by atoms with Gasteiger partial charge in [-0.05, 0) is 37.8 Å². The Morgan fingerprint density at radius 2 is 1.84 bits per heavy atom. The monoisotopic (exact) mass is 272 g/mol. The molecule has 0 aliphatic carbocycles. The van der Waals surface area contributed by atoms with E-state index >= 15 is 0 Å². The molecule has 0 atom stereocenters. The van der Waals surface area contributed by atoms with Crippen molar-refractivity contribution in [1.29, 1.82) is 0 Å². The van der Waals surface area contributed by atoms with Gasteiger partial charge >= 0.3 is 0 Å². The first-order valence-electron chi connectivity index (χ1n) is 7.43. The second-order valence-corrected chi connectivity index (χ2v) is 6.69. The van der Waals surface area contributed by atoms with Gasteiger partial charge in [-0.2, -0.15) is 0 Å². The molecule has 2 N–H and O–H groups in total. The third-order valence-corrected chi connectivity index (χ3v) is 4.20. The molecule has 4 nitrogen and oxygen atoms in total. The number of piperidine rings is 1. The van der Waals surface area contributed by atoms with Crippen LogP contribution in [0.5, 0.6) is 0 Å². The van der Waals surface area contributed by atoms with Gasteiger partial charge in [-0.25, -0.2) is 0 Å². The average Bonchev–Trinajstić information content (AvgIpc) is 2.38. The molecule has 0 aromatic heterocycles. The molecule has 19 heavy (non-hydrogen) atoms. The Morgan fingerprint density at radius 3 is 2.42 bits per heavy atom. The molecule has 1 heterocycles. The standard InChI is InChI=1S/C15H32N2O2/c1-14(2,7-10-18-3)11-17-12-15(13-19-4)5-8-16-9-6-15/h16-17H,5-13H2,1-4H3. The second-order valence-electron chi connectivity index (χ2n) is 6.69. The molecule has 1 saturated heterocycles. The van der Waals surface area contributed by atoms with Gasteiger partial charge in [0.05, 0.1) is 6.61 Å². The molecule has 0 unspecified atom stereocenters. The Hall–Kier alpha value is -0.160. The molecule has 4 heteroatoms. The number of rotatable bonds is 9.